The molecule has 0 spiro atoms. The molecule has 0 bridgehead atoms. The van der Waals surface area contributed by atoms with Crippen molar-refractivity contribution in [2.75, 3.05) is 31.6 Å². The lowest BCUT2D eigenvalue weighted by molar-refractivity contribution is 0.0303. The van der Waals surface area contributed by atoms with Gasteiger partial charge in [-0.25, -0.2) is 9.97 Å². The standard InChI is InChI=1S/C20H24N4O3/c1-20(2,3)19-21-12-15(13-22-19)17(25)23-16-6-4-5-14(11-16)18(26)24-7-9-27-10-8-24/h4-6,11-13H,7-10H2,1-3H3,(H,23,25). The van der Waals surface area contributed by atoms with E-state index in [1.165, 1.54) is 12.4 Å². The fourth-order valence-electron chi connectivity index (χ4n) is 2.71. The van der Waals surface area contributed by atoms with Gasteiger partial charge in [-0.15, -0.1) is 0 Å². The van der Waals surface area contributed by atoms with Gasteiger partial charge in [-0.05, 0) is 18.2 Å². The molecule has 1 saturated heterocycles. The Morgan fingerprint density at radius 3 is 2.37 bits per heavy atom. The van der Waals surface area contributed by atoms with Crippen molar-refractivity contribution in [1.82, 2.24) is 14.9 Å². The molecule has 7 nitrogen and oxygen atoms in total. The number of nitrogens with zero attached hydrogens (tertiary/aromatic N) is 3. The van der Waals surface area contributed by atoms with E-state index < -0.39 is 0 Å². The number of benzene rings is 1. The minimum Gasteiger partial charge on any atom is -0.378 e. The highest BCUT2D eigenvalue weighted by Crippen LogP contribution is 2.18. The predicted octanol–water partition coefficient (Wildman–Crippen LogP) is 2.50. The summed E-state index contributed by atoms with van der Waals surface area (Å²) in [7, 11) is 0. The zero-order chi connectivity index (χ0) is 19.4. The summed E-state index contributed by atoms with van der Waals surface area (Å²) >= 11 is 0. The molecule has 1 aromatic heterocycles. The van der Waals surface area contributed by atoms with E-state index in [4.69, 9.17) is 4.74 Å². The van der Waals surface area contributed by atoms with Gasteiger partial charge >= 0.3 is 0 Å². The van der Waals surface area contributed by atoms with Gasteiger partial charge in [0.05, 0.1) is 18.8 Å². The zero-order valence-electron chi connectivity index (χ0n) is 15.9. The maximum Gasteiger partial charge on any atom is 0.258 e. The first-order chi connectivity index (χ1) is 12.8. The number of ether oxygens (including phenoxy) is 1. The Kier molecular flexibility index (Phi) is 5.51. The fourth-order valence-corrected chi connectivity index (χ4v) is 2.71. The van der Waals surface area contributed by atoms with E-state index in [0.717, 1.165) is 0 Å². The molecule has 27 heavy (non-hydrogen) atoms. The van der Waals surface area contributed by atoms with E-state index >= 15 is 0 Å². The molecule has 1 aliphatic heterocycles. The van der Waals surface area contributed by atoms with E-state index in [2.05, 4.69) is 15.3 Å². The molecule has 0 aliphatic carbocycles. The maximum absolute atomic E-state index is 12.6. The minimum absolute atomic E-state index is 0.0627. The lowest BCUT2D eigenvalue weighted by atomic mass is 9.96. The van der Waals surface area contributed by atoms with E-state index in [1.807, 2.05) is 20.8 Å². The van der Waals surface area contributed by atoms with Crippen LogP contribution < -0.4 is 5.32 Å². The van der Waals surface area contributed by atoms with Crippen molar-refractivity contribution in [2.45, 2.75) is 26.2 Å². The van der Waals surface area contributed by atoms with E-state index in [1.54, 1.807) is 29.2 Å². The third-order valence-electron chi connectivity index (χ3n) is 4.25. The van der Waals surface area contributed by atoms with Crippen LogP contribution in [0.2, 0.25) is 0 Å². The molecule has 7 heteroatoms. The molecular formula is C20H24N4O3. The van der Waals surface area contributed by atoms with Crippen LogP contribution in [0.25, 0.3) is 0 Å². The molecule has 2 heterocycles. The number of carbonyl (C=O) groups excluding carboxylic acids is 2. The third-order valence-corrected chi connectivity index (χ3v) is 4.25. The number of nitrogens with one attached hydrogen (secondary N) is 1. The number of amides is 2. The molecule has 2 aromatic rings. The number of rotatable bonds is 3. The summed E-state index contributed by atoms with van der Waals surface area (Å²) in [5.74, 6) is 0.302. The van der Waals surface area contributed by atoms with Crippen molar-refractivity contribution in [2.24, 2.45) is 0 Å². The second kappa shape index (κ2) is 7.84. The minimum atomic E-state index is -0.313. The summed E-state index contributed by atoms with van der Waals surface area (Å²) in [5, 5.41) is 2.80. The lowest BCUT2D eigenvalue weighted by Gasteiger charge is -2.27. The number of hydrogen-bond donors (Lipinski definition) is 1. The van der Waals surface area contributed by atoms with Gasteiger partial charge in [-0.1, -0.05) is 26.8 Å². The van der Waals surface area contributed by atoms with Crippen molar-refractivity contribution in [3.63, 3.8) is 0 Å². The summed E-state index contributed by atoms with van der Waals surface area (Å²) in [6.07, 6.45) is 3.04. The van der Waals surface area contributed by atoms with E-state index in [-0.39, 0.29) is 17.2 Å². The van der Waals surface area contributed by atoms with Crippen molar-refractivity contribution >= 4 is 17.5 Å². The van der Waals surface area contributed by atoms with Gasteiger partial charge in [0.15, 0.2) is 0 Å². The van der Waals surface area contributed by atoms with Crippen LogP contribution in [0.5, 0.6) is 0 Å². The second-order valence-corrected chi connectivity index (χ2v) is 7.48. The number of carbonyl (C=O) groups is 2. The molecule has 0 atom stereocenters. The fraction of sp³-hybridized carbons (Fsp3) is 0.400. The number of anilines is 1. The SMILES string of the molecule is CC(C)(C)c1ncc(C(=O)Nc2cccc(C(=O)N3CCOCC3)c2)cn1. The van der Waals surface area contributed by atoms with Gasteiger partial charge in [0, 0.05) is 42.1 Å². The number of aromatic nitrogens is 2. The van der Waals surface area contributed by atoms with Gasteiger partial charge in [0.2, 0.25) is 0 Å². The molecule has 1 aromatic carbocycles. The Balaban J connectivity index is 1.70. The quantitative estimate of drug-likeness (QED) is 0.900. The Labute approximate surface area is 158 Å². The molecule has 0 saturated carbocycles. The first-order valence-corrected chi connectivity index (χ1v) is 8.95. The van der Waals surface area contributed by atoms with Crippen molar-refractivity contribution in [3.05, 3.63) is 53.6 Å². The van der Waals surface area contributed by atoms with Gasteiger partial charge in [0.1, 0.15) is 5.82 Å². The van der Waals surface area contributed by atoms with E-state index in [9.17, 15) is 9.59 Å². The highest BCUT2D eigenvalue weighted by atomic mass is 16.5. The second-order valence-electron chi connectivity index (χ2n) is 7.48. The average molecular weight is 368 g/mol. The average Bonchev–Trinajstić information content (AvgIpc) is 2.67. The Hall–Kier alpha value is -2.80. The first kappa shape index (κ1) is 19.0. The first-order valence-electron chi connectivity index (χ1n) is 8.95. The van der Waals surface area contributed by atoms with Crippen LogP contribution in [0.3, 0.4) is 0 Å². The highest BCUT2D eigenvalue weighted by molar-refractivity contribution is 6.04. The zero-order valence-corrected chi connectivity index (χ0v) is 15.9. The van der Waals surface area contributed by atoms with Crippen LogP contribution in [-0.4, -0.2) is 53.0 Å². The molecule has 0 unspecified atom stereocenters. The maximum atomic E-state index is 12.6. The van der Waals surface area contributed by atoms with Crippen LogP contribution in [0, 0.1) is 0 Å². The summed E-state index contributed by atoms with van der Waals surface area (Å²) < 4.78 is 5.28. The molecule has 1 aliphatic rings. The highest BCUT2D eigenvalue weighted by Gasteiger charge is 2.20. The topological polar surface area (TPSA) is 84.4 Å². The summed E-state index contributed by atoms with van der Waals surface area (Å²) in [5.41, 5.74) is 1.28. The predicted molar refractivity (Wildman–Crippen MR) is 102 cm³/mol. The Bertz CT molecular complexity index is 822. The molecule has 0 radical (unpaired) electrons. The van der Waals surface area contributed by atoms with Crippen molar-refractivity contribution in [3.8, 4) is 0 Å². The van der Waals surface area contributed by atoms with Crippen molar-refractivity contribution in [1.29, 1.82) is 0 Å². The van der Waals surface area contributed by atoms with Crippen LogP contribution in [0.15, 0.2) is 36.7 Å². The van der Waals surface area contributed by atoms with Crippen molar-refractivity contribution < 1.29 is 14.3 Å². The van der Waals surface area contributed by atoms with E-state index in [0.29, 0.717) is 48.9 Å². The molecule has 2 amide bonds. The molecule has 142 valence electrons. The largest absolute Gasteiger partial charge is 0.378 e. The van der Waals surface area contributed by atoms with Gasteiger partial charge in [-0.3, -0.25) is 9.59 Å². The normalized spacial score (nSPS) is 14.7. The summed E-state index contributed by atoms with van der Waals surface area (Å²) in [4.78, 5) is 35.3. The van der Waals surface area contributed by atoms with Crippen LogP contribution in [0.4, 0.5) is 5.69 Å². The monoisotopic (exact) mass is 368 g/mol. The molecular weight excluding hydrogens is 344 g/mol. The molecule has 1 N–H and O–H groups in total. The Morgan fingerprint density at radius 2 is 1.74 bits per heavy atom. The summed E-state index contributed by atoms with van der Waals surface area (Å²) in [6, 6.07) is 6.93. The van der Waals surface area contributed by atoms with Crippen LogP contribution >= 0.6 is 0 Å². The Morgan fingerprint density at radius 1 is 1.07 bits per heavy atom. The number of hydrogen-bond acceptors (Lipinski definition) is 5. The van der Waals surface area contributed by atoms with Gasteiger partial charge in [-0.2, -0.15) is 0 Å². The third kappa shape index (κ3) is 4.68. The molecule has 1 fully saturated rings. The van der Waals surface area contributed by atoms with Gasteiger partial charge in [0.25, 0.3) is 11.8 Å². The lowest BCUT2D eigenvalue weighted by Crippen LogP contribution is -2.40. The molecule has 3 rings (SSSR count). The summed E-state index contributed by atoms with van der Waals surface area (Å²) in [6.45, 7) is 8.29. The van der Waals surface area contributed by atoms with Crippen LogP contribution in [-0.2, 0) is 10.2 Å². The van der Waals surface area contributed by atoms with Gasteiger partial charge < -0.3 is 15.0 Å². The smallest absolute Gasteiger partial charge is 0.258 e. The number of morpholine rings is 1. The van der Waals surface area contributed by atoms with Crippen LogP contribution in [0.1, 0.15) is 47.3 Å².